The fourth-order valence-corrected chi connectivity index (χ4v) is 6.70. The van der Waals surface area contributed by atoms with Gasteiger partial charge in [-0.15, -0.1) is 0 Å². The van der Waals surface area contributed by atoms with E-state index < -0.39 is 6.10 Å². The maximum atomic E-state index is 13.2. The number of nitrogens with zero attached hydrogens (tertiary/aromatic N) is 3. The van der Waals surface area contributed by atoms with Gasteiger partial charge in [-0.1, -0.05) is 31.4 Å². The molecule has 4 atom stereocenters. The molecule has 35 heavy (non-hydrogen) atoms. The number of aliphatic hydroxyl groups excluding tert-OH is 1. The Kier molecular flexibility index (Phi) is 8.84. The van der Waals surface area contributed by atoms with Crippen LogP contribution in [0.25, 0.3) is 0 Å². The SMILES string of the molecule is CN(C)CC(O)C(=O)N(CCN1[C@@H]2CC[C@H]1C[C@@H](c1cccc(C(N)=O)c1)C2)CC1CCCCC1. The fraction of sp³-hybridized carbons (Fsp3) is 0.714. The summed E-state index contributed by atoms with van der Waals surface area (Å²) in [6.45, 7) is 2.70. The normalized spacial score (nSPS) is 26.1. The van der Waals surface area contributed by atoms with Gasteiger partial charge in [-0.3, -0.25) is 14.5 Å². The molecule has 7 heteroatoms. The zero-order valence-electron chi connectivity index (χ0n) is 21.6. The smallest absolute Gasteiger partial charge is 0.252 e. The zero-order chi connectivity index (χ0) is 24.9. The van der Waals surface area contributed by atoms with Crippen molar-refractivity contribution in [1.29, 1.82) is 0 Å². The number of aliphatic hydroxyl groups is 1. The van der Waals surface area contributed by atoms with Crippen molar-refractivity contribution in [3.63, 3.8) is 0 Å². The van der Waals surface area contributed by atoms with Gasteiger partial charge in [-0.25, -0.2) is 0 Å². The first kappa shape index (κ1) is 26.1. The van der Waals surface area contributed by atoms with Crippen LogP contribution in [0.3, 0.4) is 0 Å². The number of carbonyl (C=O) groups excluding carboxylic acids is 2. The summed E-state index contributed by atoms with van der Waals surface area (Å²) in [6.07, 6.45) is 9.76. The Bertz CT molecular complexity index is 856. The molecule has 1 saturated carbocycles. The van der Waals surface area contributed by atoms with Gasteiger partial charge in [-0.05, 0) is 82.2 Å². The van der Waals surface area contributed by atoms with Crippen LogP contribution in [0.15, 0.2) is 24.3 Å². The van der Waals surface area contributed by atoms with Crippen LogP contribution in [0.2, 0.25) is 0 Å². The van der Waals surface area contributed by atoms with Crippen LogP contribution < -0.4 is 5.73 Å². The van der Waals surface area contributed by atoms with Crippen LogP contribution in [0.1, 0.15) is 79.6 Å². The summed E-state index contributed by atoms with van der Waals surface area (Å²) in [4.78, 5) is 31.3. The molecule has 2 amide bonds. The molecular formula is C28H44N4O3. The van der Waals surface area contributed by atoms with E-state index in [9.17, 15) is 14.7 Å². The molecule has 4 rings (SSSR count). The van der Waals surface area contributed by atoms with Gasteiger partial charge in [0.2, 0.25) is 5.91 Å². The molecule has 2 aliphatic heterocycles. The highest BCUT2D eigenvalue weighted by Gasteiger charge is 2.41. The maximum absolute atomic E-state index is 13.2. The highest BCUT2D eigenvalue weighted by molar-refractivity contribution is 5.92. The number of benzene rings is 1. The highest BCUT2D eigenvalue weighted by Crippen LogP contribution is 2.43. The van der Waals surface area contributed by atoms with Gasteiger partial charge >= 0.3 is 0 Å². The van der Waals surface area contributed by atoms with Gasteiger partial charge in [0.15, 0.2) is 0 Å². The average molecular weight is 485 g/mol. The second kappa shape index (κ2) is 11.8. The summed E-state index contributed by atoms with van der Waals surface area (Å²) in [7, 11) is 3.78. The summed E-state index contributed by atoms with van der Waals surface area (Å²) in [5.41, 5.74) is 7.32. The number of primary amides is 1. The van der Waals surface area contributed by atoms with E-state index in [2.05, 4.69) is 11.0 Å². The molecule has 1 unspecified atom stereocenters. The second-order valence-electron chi connectivity index (χ2n) is 11.3. The van der Waals surface area contributed by atoms with Gasteiger partial charge in [0.1, 0.15) is 6.10 Å². The Morgan fingerprint density at radius 3 is 2.40 bits per heavy atom. The summed E-state index contributed by atoms with van der Waals surface area (Å²) in [5.74, 6) is 0.519. The molecule has 3 fully saturated rings. The maximum Gasteiger partial charge on any atom is 0.252 e. The predicted octanol–water partition coefficient (Wildman–Crippen LogP) is 2.83. The first-order valence-electron chi connectivity index (χ1n) is 13.6. The number of hydrogen-bond acceptors (Lipinski definition) is 5. The van der Waals surface area contributed by atoms with E-state index in [1.54, 1.807) is 6.07 Å². The minimum absolute atomic E-state index is 0.116. The molecule has 0 aromatic heterocycles. The summed E-state index contributed by atoms with van der Waals surface area (Å²) < 4.78 is 0. The Hall–Kier alpha value is -1.96. The van der Waals surface area contributed by atoms with E-state index in [0.29, 0.717) is 42.6 Å². The standard InChI is InChI=1S/C28H44N4O3/c1-30(2)19-26(33)28(35)31(18-20-7-4-3-5-8-20)13-14-32-24-11-12-25(32)17-23(16-24)21-9-6-10-22(15-21)27(29)34/h6,9-10,15,20,23-26,33H,3-5,7-8,11-14,16-19H2,1-2H3,(H2,29,34)/t23-,24+,25-,26?. The van der Waals surface area contributed by atoms with Gasteiger partial charge in [0.05, 0.1) is 0 Å². The molecule has 0 radical (unpaired) electrons. The van der Waals surface area contributed by atoms with Crippen LogP contribution in [-0.2, 0) is 4.79 Å². The molecule has 194 valence electrons. The molecule has 2 bridgehead atoms. The lowest BCUT2D eigenvalue weighted by atomic mass is 9.84. The van der Waals surface area contributed by atoms with Crippen LogP contribution >= 0.6 is 0 Å². The van der Waals surface area contributed by atoms with Crippen molar-refractivity contribution in [3.8, 4) is 0 Å². The van der Waals surface area contributed by atoms with Crippen LogP contribution in [0, 0.1) is 5.92 Å². The average Bonchev–Trinajstić information content (AvgIpc) is 3.07. The Balaban J connectivity index is 1.39. The lowest BCUT2D eigenvalue weighted by Gasteiger charge is -2.41. The molecule has 1 aromatic rings. The number of rotatable bonds is 10. The van der Waals surface area contributed by atoms with Gasteiger partial charge in [-0.2, -0.15) is 0 Å². The first-order chi connectivity index (χ1) is 16.8. The number of amides is 2. The van der Waals surface area contributed by atoms with Crippen molar-refractivity contribution in [1.82, 2.24) is 14.7 Å². The van der Waals surface area contributed by atoms with Crippen molar-refractivity contribution < 1.29 is 14.7 Å². The predicted molar refractivity (Wildman–Crippen MR) is 138 cm³/mol. The molecule has 2 saturated heterocycles. The molecule has 3 aliphatic rings. The molecule has 3 N–H and O–H groups in total. The van der Waals surface area contributed by atoms with Gasteiger partial charge in [0, 0.05) is 43.8 Å². The van der Waals surface area contributed by atoms with E-state index in [1.807, 2.05) is 36.0 Å². The van der Waals surface area contributed by atoms with E-state index in [1.165, 1.54) is 50.5 Å². The van der Waals surface area contributed by atoms with E-state index in [0.717, 1.165) is 25.9 Å². The number of nitrogens with two attached hydrogens (primary N) is 1. The number of fused-ring (bicyclic) bond motifs is 2. The summed E-state index contributed by atoms with van der Waals surface area (Å²) >= 11 is 0. The van der Waals surface area contributed by atoms with Crippen LogP contribution in [0.4, 0.5) is 0 Å². The van der Waals surface area contributed by atoms with Crippen molar-refractivity contribution in [2.24, 2.45) is 11.7 Å². The van der Waals surface area contributed by atoms with E-state index in [-0.39, 0.29) is 11.8 Å². The third kappa shape index (κ3) is 6.63. The monoisotopic (exact) mass is 484 g/mol. The first-order valence-corrected chi connectivity index (χ1v) is 13.6. The lowest BCUT2D eigenvalue weighted by molar-refractivity contribution is -0.142. The zero-order valence-corrected chi connectivity index (χ0v) is 21.6. The molecule has 1 aromatic carbocycles. The van der Waals surface area contributed by atoms with Crippen LogP contribution in [0.5, 0.6) is 0 Å². The van der Waals surface area contributed by atoms with Crippen LogP contribution in [-0.4, -0.2) is 90.1 Å². The topological polar surface area (TPSA) is 90.1 Å². The van der Waals surface area contributed by atoms with Crippen molar-refractivity contribution in [2.75, 3.05) is 40.3 Å². The van der Waals surface area contributed by atoms with Gasteiger partial charge in [0.25, 0.3) is 5.91 Å². The van der Waals surface area contributed by atoms with Crippen molar-refractivity contribution in [3.05, 3.63) is 35.4 Å². The number of carbonyl (C=O) groups is 2. The molecule has 7 nitrogen and oxygen atoms in total. The molecule has 2 heterocycles. The Labute approximate surface area is 210 Å². The van der Waals surface area contributed by atoms with Crippen molar-refractivity contribution in [2.45, 2.75) is 81.9 Å². The second-order valence-corrected chi connectivity index (χ2v) is 11.3. The highest BCUT2D eigenvalue weighted by atomic mass is 16.3. The molecule has 1 aliphatic carbocycles. The third-order valence-electron chi connectivity index (χ3n) is 8.49. The largest absolute Gasteiger partial charge is 0.382 e. The minimum atomic E-state index is -0.964. The minimum Gasteiger partial charge on any atom is -0.382 e. The number of likely N-dealkylation sites (N-methyl/N-ethyl adjacent to an activating group) is 1. The Morgan fingerprint density at radius 1 is 1.09 bits per heavy atom. The Morgan fingerprint density at radius 2 is 1.77 bits per heavy atom. The van der Waals surface area contributed by atoms with E-state index >= 15 is 0 Å². The summed E-state index contributed by atoms with van der Waals surface area (Å²) in [5, 5.41) is 10.6. The molecule has 0 spiro atoms. The summed E-state index contributed by atoms with van der Waals surface area (Å²) in [6, 6.07) is 8.85. The third-order valence-corrected chi connectivity index (χ3v) is 8.49. The number of piperidine rings is 1. The van der Waals surface area contributed by atoms with Gasteiger partial charge < -0.3 is 20.6 Å². The van der Waals surface area contributed by atoms with E-state index in [4.69, 9.17) is 5.73 Å². The lowest BCUT2D eigenvalue weighted by Crippen LogP contribution is -2.50. The fourth-order valence-electron chi connectivity index (χ4n) is 6.70. The molecular weight excluding hydrogens is 440 g/mol. The number of hydrogen-bond donors (Lipinski definition) is 2. The quantitative estimate of drug-likeness (QED) is 0.533. The van der Waals surface area contributed by atoms with Crippen molar-refractivity contribution >= 4 is 11.8 Å².